The van der Waals surface area contributed by atoms with Gasteiger partial charge >= 0.3 is 6.03 Å². The summed E-state index contributed by atoms with van der Waals surface area (Å²) in [6.45, 7) is 0.606. The molecule has 0 spiro atoms. The van der Waals surface area contributed by atoms with Gasteiger partial charge in [-0.3, -0.25) is 0 Å². The van der Waals surface area contributed by atoms with Crippen molar-refractivity contribution in [2.45, 2.75) is 10.6 Å². The number of urea groups is 1. The summed E-state index contributed by atoms with van der Waals surface area (Å²) in [5.41, 5.74) is 1.54. The molecule has 1 heterocycles. The summed E-state index contributed by atoms with van der Waals surface area (Å²) >= 11 is 6.58. The lowest BCUT2D eigenvalue weighted by atomic mass is 10.1. The van der Waals surface area contributed by atoms with Crippen molar-refractivity contribution in [2.75, 3.05) is 19.0 Å². The predicted octanol–water partition coefficient (Wildman–Crippen LogP) is 3.10. The number of benzene rings is 1. The number of anilines is 1. The number of sulfonamides is 1. The van der Waals surface area contributed by atoms with Gasteiger partial charge in [-0.2, -0.15) is 0 Å². The molecule has 0 unspecified atom stereocenters. The Morgan fingerprint density at radius 3 is 2.48 bits per heavy atom. The standard InChI is InChI=1S/C14H15ClN2O4S2/c1-21-9-8-10-2-4-11(5-3-10)16-14(18)17-23(19,20)13-7-6-12(15)22-13/h2-7H,8-9H2,1H3,(H2,16,17,18). The van der Waals surface area contributed by atoms with Crippen LogP contribution in [0, 0.1) is 0 Å². The Balaban J connectivity index is 1.96. The Bertz CT molecular complexity index is 772. The van der Waals surface area contributed by atoms with Gasteiger partial charge in [-0.25, -0.2) is 17.9 Å². The molecule has 23 heavy (non-hydrogen) atoms. The number of carbonyl (C=O) groups is 1. The number of thiophene rings is 1. The number of ether oxygens (including phenoxy) is 1. The molecule has 0 fully saturated rings. The molecule has 124 valence electrons. The number of hydrogen-bond donors (Lipinski definition) is 2. The summed E-state index contributed by atoms with van der Waals surface area (Å²) in [6, 6.07) is 9.02. The average Bonchev–Trinajstić information content (AvgIpc) is 2.93. The van der Waals surface area contributed by atoms with E-state index in [2.05, 4.69) is 5.32 Å². The Kier molecular flexibility index (Phi) is 6.00. The van der Waals surface area contributed by atoms with Crippen LogP contribution in [0.15, 0.2) is 40.6 Å². The van der Waals surface area contributed by atoms with Crippen molar-refractivity contribution < 1.29 is 17.9 Å². The topological polar surface area (TPSA) is 84.5 Å². The summed E-state index contributed by atoms with van der Waals surface area (Å²) in [5.74, 6) is 0. The van der Waals surface area contributed by atoms with Crippen molar-refractivity contribution in [3.8, 4) is 0 Å². The molecule has 6 nitrogen and oxygen atoms in total. The third-order valence-corrected chi connectivity index (χ3v) is 5.90. The molecule has 0 aliphatic heterocycles. The van der Waals surface area contributed by atoms with Crippen molar-refractivity contribution in [2.24, 2.45) is 0 Å². The Morgan fingerprint density at radius 1 is 1.22 bits per heavy atom. The van der Waals surface area contributed by atoms with E-state index in [9.17, 15) is 13.2 Å². The van der Waals surface area contributed by atoms with Crippen molar-refractivity contribution in [3.63, 3.8) is 0 Å². The maximum atomic E-state index is 12.0. The summed E-state index contributed by atoms with van der Waals surface area (Å²) in [4.78, 5) is 11.8. The molecule has 9 heteroatoms. The summed E-state index contributed by atoms with van der Waals surface area (Å²) < 4.78 is 31.2. The summed E-state index contributed by atoms with van der Waals surface area (Å²) in [7, 11) is -2.30. The molecule has 2 N–H and O–H groups in total. The third-order valence-electron chi connectivity index (χ3n) is 2.85. The number of methoxy groups -OCH3 is 1. The van der Waals surface area contributed by atoms with E-state index in [4.69, 9.17) is 16.3 Å². The quantitative estimate of drug-likeness (QED) is 0.813. The molecule has 0 radical (unpaired) electrons. The molecule has 0 bridgehead atoms. The summed E-state index contributed by atoms with van der Waals surface area (Å²) in [5, 5.41) is 2.47. The molecule has 0 saturated carbocycles. The highest BCUT2D eigenvalue weighted by atomic mass is 35.5. The molecule has 2 rings (SSSR count). The van der Waals surface area contributed by atoms with Crippen LogP contribution in [0.25, 0.3) is 0 Å². The number of rotatable bonds is 6. The third kappa shape index (κ3) is 5.21. The van der Waals surface area contributed by atoms with E-state index >= 15 is 0 Å². The predicted molar refractivity (Wildman–Crippen MR) is 90.7 cm³/mol. The molecule has 2 aromatic rings. The second kappa shape index (κ2) is 7.78. The van der Waals surface area contributed by atoms with Crippen LogP contribution in [0.5, 0.6) is 0 Å². The van der Waals surface area contributed by atoms with Gasteiger partial charge in [0.2, 0.25) is 0 Å². The van der Waals surface area contributed by atoms with Crippen molar-refractivity contribution >= 4 is 44.7 Å². The number of hydrogen-bond acceptors (Lipinski definition) is 5. The highest BCUT2D eigenvalue weighted by Crippen LogP contribution is 2.25. The van der Waals surface area contributed by atoms with Gasteiger partial charge < -0.3 is 10.1 Å². The molecule has 0 atom stereocenters. The van der Waals surface area contributed by atoms with Gasteiger partial charge in [0.05, 0.1) is 10.9 Å². The fraction of sp³-hybridized carbons (Fsp3) is 0.214. The molecular formula is C14H15ClN2O4S2. The van der Waals surface area contributed by atoms with Crippen LogP contribution in [0.4, 0.5) is 10.5 Å². The first-order valence-corrected chi connectivity index (χ1v) is 9.25. The monoisotopic (exact) mass is 374 g/mol. The molecular weight excluding hydrogens is 360 g/mol. The van der Waals surface area contributed by atoms with E-state index in [1.165, 1.54) is 12.1 Å². The SMILES string of the molecule is COCCc1ccc(NC(=O)NS(=O)(=O)c2ccc(Cl)s2)cc1. The molecule has 0 aliphatic carbocycles. The largest absolute Gasteiger partial charge is 0.384 e. The second-order valence-electron chi connectivity index (χ2n) is 4.56. The maximum Gasteiger partial charge on any atom is 0.333 e. The van der Waals surface area contributed by atoms with Crippen molar-refractivity contribution in [1.82, 2.24) is 4.72 Å². The first kappa shape index (κ1) is 17.7. The minimum absolute atomic E-state index is 0.0208. The Morgan fingerprint density at radius 2 is 1.91 bits per heavy atom. The van der Waals surface area contributed by atoms with Crippen LogP contribution in [0.2, 0.25) is 4.34 Å². The van der Waals surface area contributed by atoms with Gasteiger partial charge in [0.25, 0.3) is 10.0 Å². The van der Waals surface area contributed by atoms with Gasteiger partial charge in [-0.15, -0.1) is 11.3 Å². The van der Waals surface area contributed by atoms with Gasteiger partial charge in [-0.1, -0.05) is 23.7 Å². The number of nitrogens with one attached hydrogen (secondary N) is 2. The van der Waals surface area contributed by atoms with Gasteiger partial charge in [0.15, 0.2) is 0 Å². The molecule has 1 aromatic heterocycles. The van der Waals surface area contributed by atoms with E-state index in [1.807, 2.05) is 16.9 Å². The fourth-order valence-corrected chi connectivity index (χ4v) is 4.14. The highest BCUT2D eigenvalue weighted by molar-refractivity contribution is 7.92. The first-order valence-electron chi connectivity index (χ1n) is 6.58. The zero-order chi connectivity index (χ0) is 16.9. The lowest BCUT2D eigenvalue weighted by molar-refractivity contribution is 0.202. The Labute approximate surface area is 143 Å². The van der Waals surface area contributed by atoms with Crippen LogP contribution in [-0.4, -0.2) is 28.2 Å². The number of halogens is 1. The molecule has 2 amide bonds. The van der Waals surface area contributed by atoms with Crippen molar-refractivity contribution in [1.29, 1.82) is 0 Å². The van der Waals surface area contributed by atoms with Gasteiger partial charge in [0, 0.05) is 12.8 Å². The lowest BCUT2D eigenvalue weighted by Gasteiger charge is -2.08. The minimum atomic E-state index is -3.92. The van der Waals surface area contributed by atoms with Crippen molar-refractivity contribution in [3.05, 3.63) is 46.3 Å². The first-order chi connectivity index (χ1) is 10.9. The number of carbonyl (C=O) groups excluding carboxylic acids is 1. The lowest BCUT2D eigenvalue weighted by Crippen LogP contribution is -2.33. The van der Waals surface area contributed by atoms with E-state index in [1.54, 1.807) is 19.2 Å². The van der Waals surface area contributed by atoms with Crippen LogP contribution in [0.1, 0.15) is 5.56 Å². The van der Waals surface area contributed by atoms with Gasteiger partial charge in [0.1, 0.15) is 4.21 Å². The van der Waals surface area contributed by atoms with Crippen LogP contribution in [-0.2, 0) is 21.2 Å². The van der Waals surface area contributed by atoms with Crippen LogP contribution in [0.3, 0.4) is 0 Å². The number of amides is 2. The average molecular weight is 375 g/mol. The molecule has 0 saturated heterocycles. The zero-order valence-electron chi connectivity index (χ0n) is 12.2. The van der Waals surface area contributed by atoms with Gasteiger partial charge in [-0.05, 0) is 36.2 Å². The maximum absolute atomic E-state index is 12.0. The minimum Gasteiger partial charge on any atom is -0.384 e. The molecule has 1 aromatic carbocycles. The zero-order valence-corrected chi connectivity index (χ0v) is 14.6. The smallest absolute Gasteiger partial charge is 0.333 e. The highest BCUT2D eigenvalue weighted by Gasteiger charge is 2.19. The second-order valence-corrected chi connectivity index (χ2v) is 8.18. The fourth-order valence-electron chi connectivity index (χ4n) is 1.75. The van der Waals surface area contributed by atoms with E-state index in [0.29, 0.717) is 16.6 Å². The van der Waals surface area contributed by atoms with Crippen LogP contribution >= 0.6 is 22.9 Å². The molecule has 0 aliphatic rings. The van der Waals surface area contributed by atoms with E-state index in [0.717, 1.165) is 23.3 Å². The van der Waals surface area contributed by atoms with E-state index < -0.39 is 16.1 Å². The van der Waals surface area contributed by atoms with E-state index in [-0.39, 0.29) is 4.21 Å². The Hall–Kier alpha value is -1.61. The summed E-state index contributed by atoms with van der Waals surface area (Å²) in [6.07, 6.45) is 0.760. The van der Waals surface area contributed by atoms with Crippen LogP contribution < -0.4 is 10.0 Å². The normalized spacial score (nSPS) is 11.2.